The summed E-state index contributed by atoms with van der Waals surface area (Å²) in [5.74, 6) is -10.0. The van der Waals surface area contributed by atoms with E-state index in [1.54, 1.807) is 48.5 Å². The van der Waals surface area contributed by atoms with E-state index in [4.69, 9.17) is 23.2 Å². The molecule has 2 N–H and O–H groups in total. The van der Waals surface area contributed by atoms with Gasteiger partial charge in [-0.05, 0) is 46.5 Å². The van der Waals surface area contributed by atoms with Crippen LogP contribution in [0.1, 0.15) is 22.3 Å². The van der Waals surface area contributed by atoms with Crippen molar-refractivity contribution in [2.45, 2.75) is 26.2 Å². The first kappa shape index (κ1) is 32.7. The Balaban J connectivity index is 1.52. The third-order valence-electron chi connectivity index (χ3n) is 8.32. The van der Waals surface area contributed by atoms with Crippen molar-refractivity contribution < 1.29 is 29.4 Å². The minimum Gasteiger partial charge on any atom is -0.481 e. The maximum atomic E-state index is 14.4. The molecule has 1 aliphatic rings. The number of nitrogens with zero attached hydrogens (tertiary/aromatic N) is 2. The van der Waals surface area contributed by atoms with Crippen molar-refractivity contribution in [1.29, 1.82) is 0 Å². The summed E-state index contributed by atoms with van der Waals surface area (Å²) in [6.45, 7) is 0.459. The summed E-state index contributed by atoms with van der Waals surface area (Å²) in [4.78, 5) is 56.9. The van der Waals surface area contributed by atoms with E-state index in [9.17, 15) is 29.4 Å². The lowest BCUT2D eigenvalue weighted by Gasteiger charge is -2.48. The number of carbonyl (C=O) groups is 4. The molecule has 0 aromatic heterocycles. The van der Waals surface area contributed by atoms with Crippen molar-refractivity contribution >= 4 is 47.0 Å². The Hall–Kier alpha value is -4.66. The molecule has 0 heterocycles. The van der Waals surface area contributed by atoms with Crippen molar-refractivity contribution in [1.82, 2.24) is 9.80 Å². The van der Waals surface area contributed by atoms with Crippen LogP contribution in [0.5, 0.6) is 0 Å². The Morgan fingerprint density at radius 2 is 0.739 bits per heavy atom. The highest BCUT2D eigenvalue weighted by Crippen LogP contribution is 2.49. The summed E-state index contributed by atoms with van der Waals surface area (Å²) >= 11 is 12.2. The van der Waals surface area contributed by atoms with Gasteiger partial charge in [0.05, 0.1) is 23.7 Å². The third kappa shape index (κ3) is 7.58. The number of aliphatic carboxylic acids is 2. The first-order chi connectivity index (χ1) is 22.1. The lowest BCUT2D eigenvalue weighted by molar-refractivity contribution is -0.188. The molecular formula is C36H32Cl2N2O6. The van der Waals surface area contributed by atoms with Crippen LogP contribution in [-0.4, -0.2) is 43.8 Å². The quantitative estimate of drug-likeness (QED) is 0.182. The number of hydrogen-bond donors (Lipinski definition) is 2. The highest BCUT2D eigenvalue weighted by atomic mass is 35.5. The third-order valence-corrected chi connectivity index (χ3v) is 8.82. The van der Waals surface area contributed by atoms with Crippen molar-refractivity contribution in [2.75, 3.05) is 0 Å². The number of carboxylic acid groups (broad SMARTS) is 2. The van der Waals surface area contributed by atoms with Crippen molar-refractivity contribution in [2.24, 2.45) is 23.7 Å². The van der Waals surface area contributed by atoms with Crippen LogP contribution in [0.2, 0.25) is 10.0 Å². The maximum Gasteiger partial charge on any atom is 0.308 e. The van der Waals surface area contributed by atoms with E-state index in [1.165, 1.54) is 9.80 Å². The molecule has 8 nitrogen and oxygen atoms in total. The molecule has 0 aliphatic heterocycles. The van der Waals surface area contributed by atoms with Crippen LogP contribution >= 0.6 is 23.2 Å². The van der Waals surface area contributed by atoms with Crippen LogP contribution < -0.4 is 0 Å². The molecule has 1 saturated carbocycles. The average molecular weight is 660 g/mol. The van der Waals surface area contributed by atoms with Gasteiger partial charge in [0.25, 0.3) is 0 Å². The molecule has 46 heavy (non-hydrogen) atoms. The fourth-order valence-electron chi connectivity index (χ4n) is 6.05. The number of halogens is 2. The molecule has 1 aliphatic carbocycles. The Kier molecular flexibility index (Phi) is 10.4. The predicted octanol–water partition coefficient (Wildman–Crippen LogP) is 6.40. The van der Waals surface area contributed by atoms with Gasteiger partial charge in [-0.15, -0.1) is 0 Å². The molecule has 0 bridgehead atoms. The van der Waals surface area contributed by atoms with Gasteiger partial charge in [-0.3, -0.25) is 19.2 Å². The summed E-state index contributed by atoms with van der Waals surface area (Å²) in [7, 11) is 0. The molecule has 4 aromatic carbocycles. The largest absolute Gasteiger partial charge is 0.481 e. The number of rotatable bonds is 12. The Morgan fingerprint density at radius 1 is 0.457 bits per heavy atom. The van der Waals surface area contributed by atoms with Gasteiger partial charge in [0, 0.05) is 36.2 Å². The van der Waals surface area contributed by atoms with Crippen LogP contribution in [0.15, 0.2) is 109 Å². The van der Waals surface area contributed by atoms with Gasteiger partial charge in [-0.1, -0.05) is 108 Å². The van der Waals surface area contributed by atoms with E-state index in [1.807, 2.05) is 60.7 Å². The highest BCUT2D eigenvalue weighted by molar-refractivity contribution is 6.30. The lowest BCUT2D eigenvalue weighted by atomic mass is 9.55. The predicted molar refractivity (Wildman–Crippen MR) is 174 cm³/mol. The monoisotopic (exact) mass is 658 g/mol. The molecule has 4 unspecified atom stereocenters. The Morgan fingerprint density at radius 3 is 1.02 bits per heavy atom. The summed E-state index contributed by atoms with van der Waals surface area (Å²) < 4.78 is 0. The van der Waals surface area contributed by atoms with E-state index in [0.717, 1.165) is 22.3 Å². The molecule has 0 spiro atoms. The van der Waals surface area contributed by atoms with E-state index >= 15 is 0 Å². The zero-order chi connectivity index (χ0) is 32.8. The second-order valence-electron chi connectivity index (χ2n) is 11.4. The molecule has 10 heteroatoms. The number of benzene rings is 4. The summed E-state index contributed by atoms with van der Waals surface area (Å²) in [5.41, 5.74) is 3.07. The minimum atomic E-state index is -1.59. The van der Waals surface area contributed by atoms with Gasteiger partial charge in [0.15, 0.2) is 0 Å². The van der Waals surface area contributed by atoms with Gasteiger partial charge in [-0.2, -0.15) is 0 Å². The Bertz CT molecular complexity index is 1560. The molecule has 4 aromatic rings. The number of carbonyl (C=O) groups excluding carboxylic acids is 2. The fraction of sp³-hybridized carbons (Fsp3) is 0.222. The second-order valence-corrected chi connectivity index (χ2v) is 12.3. The topological polar surface area (TPSA) is 115 Å². The molecule has 4 atom stereocenters. The second kappa shape index (κ2) is 14.6. The molecule has 0 saturated heterocycles. The molecule has 2 amide bonds. The Labute approximate surface area is 276 Å². The zero-order valence-corrected chi connectivity index (χ0v) is 26.2. The van der Waals surface area contributed by atoms with Gasteiger partial charge in [-0.25, -0.2) is 0 Å². The SMILES string of the molecule is O=C(O)C1C(C(=O)O)C(C(=O)N(Cc2ccccc2)Cc2ccc(Cl)cc2)C1C(=O)N(Cc1ccccc1)Cc1ccc(Cl)cc1. The smallest absolute Gasteiger partial charge is 0.308 e. The number of amides is 2. The van der Waals surface area contributed by atoms with Gasteiger partial charge in [0.1, 0.15) is 0 Å². The van der Waals surface area contributed by atoms with Crippen LogP contribution in [0.4, 0.5) is 0 Å². The molecular weight excluding hydrogens is 627 g/mol. The molecule has 1 fully saturated rings. The van der Waals surface area contributed by atoms with Crippen LogP contribution in [0.25, 0.3) is 0 Å². The number of carboxylic acids is 2. The van der Waals surface area contributed by atoms with E-state index in [2.05, 4.69) is 0 Å². The molecule has 0 radical (unpaired) electrons. The average Bonchev–Trinajstić information content (AvgIpc) is 3.02. The summed E-state index contributed by atoms with van der Waals surface area (Å²) in [6, 6.07) is 32.2. The van der Waals surface area contributed by atoms with Gasteiger partial charge >= 0.3 is 11.9 Å². The van der Waals surface area contributed by atoms with Gasteiger partial charge in [0.2, 0.25) is 11.8 Å². The van der Waals surface area contributed by atoms with Crippen molar-refractivity contribution in [3.8, 4) is 0 Å². The van der Waals surface area contributed by atoms with Crippen molar-refractivity contribution in [3.63, 3.8) is 0 Å². The molecule has 5 rings (SSSR count). The minimum absolute atomic E-state index is 0.102. The highest BCUT2D eigenvalue weighted by Gasteiger charge is 2.64. The van der Waals surface area contributed by atoms with Gasteiger partial charge < -0.3 is 20.0 Å². The lowest BCUT2D eigenvalue weighted by Crippen LogP contribution is -2.64. The first-order valence-corrected chi connectivity index (χ1v) is 15.5. The zero-order valence-electron chi connectivity index (χ0n) is 24.7. The summed E-state index contributed by atoms with van der Waals surface area (Å²) in [6.07, 6.45) is 0. The number of hydrogen-bond acceptors (Lipinski definition) is 4. The van der Waals surface area contributed by atoms with E-state index < -0.39 is 47.4 Å². The van der Waals surface area contributed by atoms with Crippen LogP contribution in [-0.2, 0) is 45.4 Å². The first-order valence-electron chi connectivity index (χ1n) is 14.7. The molecule has 236 valence electrons. The standard InChI is InChI=1S/C36H32Cl2N2O6/c37-27-15-11-25(12-16-27)21-39(19-23-7-3-1-4-8-23)33(41)29-30(32(36(45)46)31(29)35(43)44)34(42)40(20-24-9-5-2-6-10-24)22-26-13-17-28(38)18-14-26/h1-18,29-32H,19-22H2,(H,43,44)(H,45,46). The normalized spacial score (nSPS) is 18.7. The van der Waals surface area contributed by atoms with E-state index in [0.29, 0.717) is 10.0 Å². The van der Waals surface area contributed by atoms with Crippen LogP contribution in [0.3, 0.4) is 0 Å². The van der Waals surface area contributed by atoms with E-state index in [-0.39, 0.29) is 26.2 Å². The van der Waals surface area contributed by atoms with Crippen LogP contribution in [0, 0.1) is 23.7 Å². The van der Waals surface area contributed by atoms with Crippen molar-refractivity contribution in [3.05, 3.63) is 141 Å². The maximum absolute atomic E-state index is 14.4. The summed E-state index contributed by atoms with van der Waals surface area (Å²) in [5, 5.41) is 21.5. The fourth-order valence-corrected chi connectivity index (χ4v) is 6.30.